The third kappa shape index (κ3) is 4.12. The summed E-state index contributed by atoms with van der Waals surface area (Å²) in [6.07, 6.45) is 0. The number of benzene rings is 1. The van der Waals surface area contributed by atoms with Gasteiger partial charge in [0.15, 0.2) is 0 Å². The predicted molar refractivity (Wildman–Crippen MR) is 60.2 cm³/mol. The van der Waals surface area contributed by atoms with Crippen LogP contribution in [0.2, 0.25) is 0 Å². The second-order valence-corrected chi connectivity index (χ2v) is 4.44. The largest absolute Gasteiger partial charge is 0.341 e. The van der Waals surface area contributed by atoms with Gasteiger partial charge in [0.1, 0.15) is 0 Å². The molecule has 2 N–H and O–H groups in total. The van der Waals surface area contributed by atoms with E-state index in [0.29, 0.717) is 12.3 Å². The van der Waals surface area contributed by atoms with Gasteiger partial charge in [0.05, 0.1) is 10.8 Å². The van der Waals surface area contributed by atoms with Crippen molar-refractivity contribution in [2.75, 3.05) is 19.3 Å². The molecule has 0 aliphatic rings. The van der Waals surface area contributed by atoms with E-state index >= 15 is 0 Å². The lowest BCUT2D eigenvalue weighted by molar-refractivity contribution is 0.243. The van der Waals surface area contributed by atoms with Crippen LogP contribution in [-0.4, -0.2) is 29.6 Å². The summed E-state index contributed by atoms with van der Waals surface area (Å²) in [4.78, 5) is 11.6. The van der Waals surface area contributed by atoms with Crippen LogP contribution in [0, 0.1) is 0 Å². The molecule has 15 heavy (non-hydrogen) atoms. The summed E-state index contributed by atoms with van der Waals surface area (Å²) in [5.41, 5.74) is 0. The van der Waals surface area contributed by atoms with E-state index in [-0.39, 0.29) is 6.03 Å². The second-order valence-electron chi connectivity index (χ2n) is 2.87. The minimum Gasteiger partial charge on any atom is -0.341 e. The van der Waals surface area contributed by atoms with Crippen molar-refractivity contribution in [3.05, 3.63) is 30.3 Å². The number of carbonyl (C=O) groups excluding carboxylic acids is 1. The zero-order chi connectivity index (χ0) is 11.1. The molecule has 0 saturated heterocycles. The number of nitrogens with one attached hydrogen (secondary N) is 2. The molecule has 0 aliphatic carbocycles. The van der Waals surface area contributed by atoms with Crippen molar-refractivity contribution < 1.29 is 9.00 Å². The van der Waals surface area contributed by atoms with E-state index in [1.54, 1.807) is 7.05 Å². The van der Waals surface area contributed by atoms with E-state index in [0.717, 1.165) is 4.90 Å². The number of carbonyl (C=O) groups is 1. The average molecular weight is 226 g/mol. The minimum absolute atomic E-state index is 0.250. The van der Waals surface area contributed by atoms with Crippen LogP contribution < -0.4 is 10.6 Å². The fourth-order valence-electron chi connectivity index (χ4n) is 1.04. The molecule has 0 aliphatic heterocycles. The number of rotatable bonds is 4. The van der Waals surface area contributed by atoms with Gasteiger partial charge in [-0.15, -0.1) is 0 Å². The SMILES string of the molecule is CNC(=O)NCC[S@](=O)c1ccccc1. The molecular formula is C10H14N2O2S. The van der Waals surface area contributed by atoms with Gasteiger partial charge >= 0.3 is 6.03 Å². The summed E-state index contributed by atoms with van der Waals surface area (Å²) in [6, 6.07) is 8.95. The van der Waals surface area contributed by atoms with Gasteiger partial charge in [-0.05, 0) is 12.1 Å². The van der Waals surface area contributed by atoms with E-state index in [2.05, 4.69) is 10.6 Å². The number of hydrogen-bond donors (Lipinski definition) is 2. The number of hydrogen-bond acceptors (Lipinski definition) is 2. The normalized spacial score (nSPS) is 11.8. The number of amides is 2. The van der Waals surface area contributed by atoms with E-state index in [9.17, 15) is 9.00 Å². The lowest BCUT2D eigenvalue weighted by Gasteiger charge is -2.04. The molecule has 1 aromatic carbocycles. The molecule has 1 aromatic rings. The van der Waals surface area contributed by atoms with Crippen LogP contribution >= 0.6 is 0 Å². The lowest BCUT2D eigenvalue weighted by Crippen LogP contribution is -2.35. The maximum atomic E-state index is 11.7. The molecule has 0 saturated carbocycles. The first kappa shape index (κ1) is 11.7. The highest BCUT2D eigenvalue weighted by molar-refractivity contribution is 7.85. The van der Waals surface area contributed by atoms with Gasteiger partial charge in [-0.2, -0.15) is 0 Å². The van der Waals surface area contributed by atoms with E-state index in [1.165, 1.54) is 0 Å². The first-order valence-electron chi connectivity index (χ1n) is 4.63. The van der Waals surface area contributed by atoms with Crippen molar-refractivity contribution in [2.45, 2.75) is 4.90 Å². The van der Waals surface area contributed by atoms with Crippen molar-refractivity contribution >= 4 is 16.8 Å². The van der Waals surface area contributed by atoms with Crippen molar-refractivity contribution in [3.8, 4) is 0 Å². The van der Waals surface area contributed by atoms with E-state index in [1.807, 2.05) is 30.3 Å². The van der Waals surface area contributed by atoms with Crippen LogP contribution in [0.5, 0.6) is 0 Å². The zero-order valence-electron chi connectivity index (χ0n) is 8.53. The Morgan fingerprint density at radius 1 is 1.33 bits per heavy atom. The molecule has 0 radical (unpaired) electrons. The monoisotopic (exact) mass is 226 g/mol. The van der Waals surface area contributed by atoms with Gasteiger partial charge < -0.3 is 10.6 Å². The Kier molecular flexibility index (Phi) is 4.83. The molecule has 0 spiro atoms. The molecule has 82 valence electrons. The molecule has 0 bridgehead atoms. The Hall–Kier alpha value is -1.36. The maximum absolute atomic E-state index is 11.7. The third-order valence-electron chi connectivity index (χ3n) is 1.81. The van der Waals surface area contributed by atoms with Crippen molar-refractivity contribution in [1.82, 2.24) is 10.6 Å². The number of urea groups is 1. The minimum atomic E-state index is -1.04. The summed E-state index contributed by atoms with van der Waals surface area (Å²) in [7, 11) is 0.501. The molecule has 0 fully saturated rings. The summed E-state index contributed by atoms with van der Waals surface area (Å²) < 4.78 is 11.7. The summed E-state index contributed by atoms with van der Waals surface area (Å²) in [6.45, 7) is 0.404. The van der Waals surface area contributed by atoms with Gasteiger partial charge in [-0.3, -0.25) is 4.21 Å². The molecule has 1 atom stereocenters. The smallest absolute Gasteiger partial charge is 0.314 e. The van der Waals surface area contributed by atoms with Crippen molar-refractivity contribution in [2.24, 2.45) is 0 Å². The fourth-order valence-corrected chi connectivity index (χ4v) is 2.02. The van der Waals surface area contributed by atoms with Crippen molar-refractivity contribution in [1.29, 1.82) is 0 Å². The molecule has 5 heteroatoms. The van der Waals surface area contributed by atoms with Gasteiger partial charge in [-0.25, -0.2) is 4.79 Å². The maximum Gasteiger partial charge on any atom is 0.314 e. The zero-order valence-corrected chi connectivity index (χ0v) is 9.34. The summed E-state index contributed by atoms with van der Waals surface area (Å²) >= 11 is 0. The van der Waals surface area contributed by atoms with E-state index < -0.39 is 10.8 Å². The van der Waals surface area contributed by atoms with Gasteiger partial charge in [-0.1, -0.05) is 18.2 Å². The Morgan fingerprint density at radius 2 is 2.00 bits per heavy atom. The second kappa shape index (κ2) is 6.19. The Morgan fingerprint density at radius 3 is 2.60 bits per heavy atom. The van der Waals surface area contributed by atoms with Gasteiger partial charge in [0.2, 0.25) is 0 Å². The van der Waals surface area contributed by atoms with Crippen LogP contribution in [0.15, 0.2) is 35.2 Å². The highest BCUT2D eigenvalue weighted by Crippen LogP contribution is 2.04. The molecule has 4 nitrogen and oxygen atoms in total. The van der Waals surface area contributed by atoms with Crippen molar-refractivity contribution in [3.63, 3.8) is 0 Å². The molecule has 1 rings (SSSR count). The van der Waals surface area contributed by atoms with Crippen LogP contribution in [0.3, 0.4) is 0 Å². The highest BCUT2D eigenvalue weighted by atomic mass is 32.2. The summed E-state index contributed by atoms with van der Waals surface area (Å²) in [5, 5.41) is 5.02. The van der Waals surface area contributed by atoms with Crippen LogP contribution in [0.1, 0.15) is 0 Å². The Balaban J connectivity index is 2.34. The highest BCUT2D eigenvalue weighted by Gasteiger charge is 2.03. The van der Waals surface area contributed by atoms with E-state index in [4.69, 9.17) is 0 Å². The molecular weight excluding hydrogens is 212 g/mol. The fraction of sp³-hybridized carbons (Fsp3) is 0.300. The molecule has 0 heterocycles. The summed E-state index contributed by atoms with van der Waals surface area (Å²) in [5.74, 6) is 0.428. The molecule has 0 aromatic heterocycles. The van der Waals surface area contributed by atoms with Crippen LogP contribution in [-0.2, 0) is 10.8 Å². The topological polar surface area (TPSA) is 58.2 Å². The third-order valence-corrected chi connectivity index (χ3v) is 3.18. The lowest BCUT2D eigenvalue weighted by atomic mass is 10.4. The molecule has 2 amide bonds. The Labute approximate surface area is 91.5 Å². The molecule has 0 unspecified atom stereocenters. The van der Waals surface area contributed by atoms with Gasteiger partial charge in [0, 0.05) is 24.2 Å². The van der Waals surface area contributed by atoms with Crippen LogP contribution in [0.4, 0.5) is 4.79 Å². The van der Waals surface area contributed by atoms with Gasteiger partial charge in [0.25, 0.3) is 0 Å². The predicted octanol–water partition coefficient (Wildman–Crippen LogP) is 0.723. The average Bonchev–Trinajstić information content (AvgIpc) is 2.29. The first-order valence-corrected chi connectivity index (χ1v) is 5.95. The standard InChI is InChI=1S/C10H14N2O2S/c1-11-10(13)12-7-8-15(14)9-5-3-2-4-6-9/h2-6H,7-8H2,1H3,(H2,11,12,13)/t15-/m0/s1. The Bertz CT molecular complexity index is 341. The van der Waals surface area contributed by atoms with Crippen LogP contribution in [0.25, 0.3) is 0 Å². The first-order chi connectivity index (χ1) is 7.24. The quantitative estimate of drug-likeness (QED) is 0.795.